The van der Waals surface area contributed by atoms with Gasteiger partial charge in [-0.25, -0.2) is 4.79 Å². The monoisotopic (exact) mass is 440 g/mol. The van der Waals surface area contributed by atoms with Crippen LogP contribution in [0.5, 0.6) is 5.75 Å². The summed E-state index contributed by atoms with van der Waals surface area (Å²) in [5.41, 5.74) is 6.68. The second-order valence-corrected chi connectivity index (χ2v) is 7.76. The van der Waals surface area contributed by atoms with E-state index in [0.29, 0.717) is 12.0 Å². The smallest absolute Gasteiger partial charge is 0.331 e. The van der Waals surface area contributed by atoms with Crippen LogP contribution in [0.15, 0.2) is 24.3 Å². The van der Waals surface area contributed by atoms with Gasteiger partial charge in [0.2, 0.25) is 5.91 Å². The lowest BCUT2D eigenvalue weighted by Crippen LogP contribution is -2.65. The first-order valence-electron chi connectivity index (χ1n) is 10.4. The number of carbonyl (C=O) groups is 2. The predicted molar refractivity (Wildman–Crippen MR) is 110 cm³/mol. The molecule has 31 heavy (non-hydrogen) atoms. The van der Waals surface area contributed by atoms with Crippen molar-refractivity contribution >= 4 is 11.9 Å². The van der Waals surface area contributed by atoms with Gasteiger partial charge >= 0.3 is 5.97 Å². The van der Waals surface area contributed by atoms with Crippen LogP contribution < -0.4 is 11.1 Å². The number of aromatic hydroxyl groups is 1. The standard InChI is InChI=1S/C21H32N2O8/c1-3-4-9-30-21(29)15(19-18(27)17(26)16(25)11(2)31-19)23-20(28)14(22)10-12-5-7-13(24)8-6-12/h5-8,11,14-19,24-27H,3-4,9-10,22H2,1-2H3,(H,23,28)/t11-,14?,15?,16+,17+,18-,19+/m1/s1. The predicted octanol–water partition coefficient (Wildman–Crippen LogP) is -1.04. The number of hydrogen-bond donors (Lipinski definition) is 6. The minimum absolute atomic E-state index is 0.0787. The minimum Gasteiger partial charge on any atom is -0.508 e. The van der Waals surface area contributed by atoms with E-state index in [9.17, 15) is 30.0 Å². The molecule has 0 saturated carbocycles. The fourth-order valence-corrected chi connectivity index (χ4v) is 3.28. The number of hydrogen-bond acceptors (Lipinski definition) is 9. The molecule has 0 aliphatic carbocycles. The number of nitrogens with one attached hydrogen (secondary N) is 1. The summed E-state index contributed by atoms with van der Waals surface area (Å²) in [5.74, 6) is -1.44. The second kappa shape index (κ2) is 11.4. The zero-order chi connectivity index (χ0) is 23.1. The molecule has 1 aliphatic heterocycles. The van der Waals surface area contributed by atoms with Gasteiger partial charge in [-0.2, -0.15) is 0 Å². The largest absolute Gasteiger partial charge is 0.508 e. The first-order valence-corrected chi connectivity index (χ1v) is 10.4. The summed E-state index contributed by atoms with van der Waals surface area (Å²) >= 11 is 0. The van der Waals surface area contributed by atoms with Crippen molar-refractivity contribution < 1.29 is 39.5 Å². The molecule has 2 unspecified atom stereocenters. The van der Waals surface area contributed by atoms with Crippen molar-refractivity contribution in [3.05, 3.63) is 29.8 Å². The van der Waals surface area contributed by atoms with Crippen LogP contribution in [0.3, 0.4) is 0 Å². The quantitative estimate of drug-likeness (QED) is 0.207. The van der Waals surface area contributed by atoms with E-state index in [0.717, 1.165) is 6.42 Å². The Balaban J connectivity index is 2.14. The summed E-state index contributed by atoms with van der Waals surface area (Å²) in [6.45, 7) is 3.51. The average molecular weight is 440 g/mol. The number of aliphatic hydroxyl groups is 3. The normalized spacial score (nSPS) is 27.9. The van der Waals surface area contributed by atoms with E-state index in [2.05, 4.69) is 5.32 Å². The zero-order valence-corrected chi connectivity index (χ0v) is 17.7. The number of rotatable bonds is 9. The highest BCUT2D eigenvalue weighted by atomic mass is 16.6. The highest BCUT2D eigenvalue weighted by Crippen LogP contribution is 2.24. The second-order valence-electron chi connectivity index (χ2n) is 7.76. The van der Waals surface area contributed by atoms with Crippen LogP contribution in [-0.2, 0) is 25.5 Å². The number of esters is 1. The lowest BCUT2D eigenvalue weighted by Gasteiger charge is -2.42. The number of phenols is 1. The molecule has 1 aliphatic rings. The Morgan fingerprint density at radius 3 is 2.42 bits per heavy atom. The molecular weight excluding hydrogens is 408 g/mol. The summed E-state index contributed by atoms with van der Waals surface area (Å²) in [6.07, 6.45) is -5.26. The molecule has 174 valence electrons. The Morgan fingerprint density at radius 2 is 1.81 bits per heavy atom. The van der Waals surface area contributed by atoms with Crippen LogP contribution in [0.25, 0.3) is 0 Å². The van der Waals surface area contributed by atoms with E-state index in [-0.39, 0.29) is 18.8 Å². The van der Waals surface area contributed by atoms with E-state index in [1.807, 2.05) is 6.92 Å². The van der Waals surface area contributed by atoms with Gasteiger partial charge in [-0.05, 0) is 37.5 Å². The molecule has 0 spiro atoms. The first-order chi connectivity index (χ1) is 14.6. The van der Waals surface area contributed by atoms with E-state index < -0.39 is 54.5 Å². The van der Waals surface area contributed by atoms with Crippen molar-refractivity contribution in [1.82, 2.24) is 5.32 Å². The number of ether oxygens (including phenoxy) is 2. The van der Waals surface area contributed by atoms with Crippen molar-refractivity contribution in [2.75, 3.05) is 6.61 Å². The summed E-state index contributed by atoms with van der Waals surface area (Å²) in [4.78, 5) is 25.4. The molecule has 0 radical (unpaired) electrons. The molecule has 1 aromatic carbocycles. The molecule has 1 heterocycles. The highest BCUT2D eigenvalue weighted by molar-refractivity contribution is 5.88. The summed E-state index contributed by atoms with van der Waals surface area (Å²) < 4.78 is 10.7. The van der Waals surface area contributed by atoms with Gasteiger partial charge in [0.1, 0.15) is 30.2 Å². The van der Waals surface area contributed by atoms with Crippen molar-refractivity contribution in [3.8, 4) is 5.75 Å². The van der Waals surface area contributed by atoms with E-state index in [1.54, 1.807) is 12.1 Å². The molecule has 7 atom stereocenters. The Bertz CT molecular complexity index is 729. The zero-order valence-electron chi connectivity index (χ0n) is 17.7. The Labute approximate surface area is 181 Å². The number of benzene rings is 1. The van der Waals surface area contributed by atoms with Crippen LogP contribution in [0.4, 0.5) is 0 Å². The Kier molecular flexibility index (Phi) is 9.20. The van der Waals surface area contributed by atoms with Crippen LogP contribution in [0, 0.1) is 0 Å². The molecule has 7 N–H and O–H groups in total. The molecule has 10 nitrogen and oxygen atoms in total. The summed E-state index contributed by atoms with van der Waals surface area (Å²) in [7, 11) is 0. The van der Waals surface area contributed by atoms with Gasteiger partial charge in [0.25, 0.3) is 0 Å². The van der Waals surface area contributed by atoms with Crippen LogP contribution in [0.1, 0.15) is 32.3 Å². The van der Waals surface area contributed by atoms with Gasteiger partial charge in [0.05, 0.1) is 18.8 Å². The number of unbranched alkanes of at least 4 members (excludes halogenated alkanes) is 1. The number of amides is 1. The maximum atomic E-state index is 12.7. The van der Waals surface area contributed by atoms with Crippen LogP contribution >= 0.6 is 0 Å². The molecule has 0 aromatic heterocycles. The average Bonchev–Trinajstić information content (AvgIpc) is 2.74. The fraction of sp³-hybridized carbons (Fsp3) is 0.619. The van der Waals surface area contributed by atoms with Crippen molar-refractivity contribution in [2.45, 2.75) is 75.7 Å². The summed E-state index contributed by atoms with van der Waals surface area (Å²) in [5, 5.41) is 42.2. The van der Waals surface area contributed by atoms with Crippen molar-refractivity contribution in [1.29, 1.82) is 0 Å². The summed E-state index contributed by atoms with van der Waals surface area (Å²) in [6, 6.07) is 3.69. The highest BCUT2D eigenvalue weighted by Gasteiger charge is 2.48. The first kappa shape index (κ1) is 25.0. The van der Waals surface area contributed by atoms with Gasteiger partial charge in [-0.15, -0.1) is 0 Å². The van der Waals surface area contributed by atoms with E-state index >= 15 is 0 Å². The molecule has 1 fully saturated rings. The third-order valence-corrected chi connectivity index (χ3v) is 5.24. The van der Waals surface area contributed by atoms with Crippen molar-refractivity contribution in [3.63, 3.8) is 0 Å². The third-order valence-electron chi connectivity index (χ3n) is 5.24. The maximum Gasteiger partial charge on any atom is 0.331 e. The number of phenolic OH excluding ortho intramolecular Hbond substituents is 1. The molecule has 1 amide bonds. The molecular formula is C21H32N2O8. The van der Waals surface area contributed by atoms with Crippen LogP contribution in [0.2, 0.25) is 0 Å². The lowest BCUT2D eigenvalue weighted by molar-refractivity contribution is -0.226. The number of nitrogens with two attached hydrogens (primary N) is 1. The van der Waals surface area contributed by atoms with Gasteiger partial charge in [0.15, 0.2) is 6.04 Å². The van der Waals surface area contributed by atoms with Gasteiger partial charge in [0, 0.05) is 0 Å². The van der Waals surface area contributed by atoms with E-state index in [1.165, 1.54) is 19.1 Å². The maximum absolute atomic E-state index is 12.7. The Hall–Kier alpha value is -2.24. The topological polar surface area (TPSA) is 172 Å². The number of carbonyl (C=O) groups excluding carboxylic acids is 2. The van der Waals surface area contributed by atoms with Gasteiger partial charge in [-0.1, -0.05) is 25.5 Å². The minimum atomic E-state index is -1.64. The SMILES string of the molecule is CCCCOC(=O)C(NC(=O)C(N)Cc1ccc(O)cc1)[C@@H]1O[C@H](C)[C@H](O)[C@H](O)[C@H]1O. The molecule has 1 aromatic rings. The van der Waals surface area contributed by atoms with Crippen LogP contribution in [-0.4, -0.2) is 81.5 Å². The Morgan fingerprint density at radius 1 is 1.16 bits per heavy atom. The lowest BCUT2D eigenvalue weighted by atomic mass is 9.91. The van der Waals surface area contributed by atoms with Gasteiger partial charge < -0.3 is 41.0 Å². The molecule has 10 heteroatoms. The van der Waals surface area contributed by atoms with E-state index in [4.69, 9.17) is 15.2 Å². The van der Waals surface area contributed by atoms with Crippen molar-refractivity contribution in [2.24, 2.45) is 5.73 Å². The fourth-order valence-electron chi connectivity index (χ4n) is 3.28. The van der Waals surface area contributed by atoms with Gasteiger partial charge in [-0.3, -0.25) is 4.79 Å². The molecule has 1 saturated heterocycles. The molecule has 0 bridgehead atoms. The number of aliphatic hydroxyl groups excluding tert-OH is 3. The molecule has 2 rings (SSSR count). The third kappa shape index (κ3) is 6.62.